The van der Waals surface area contributed by atoms with Gasteiger partial charge in [0, 0.05) is 26.5 Å². The molecule has 17 heavy (non-hydrogen) atoms. The molecule has 1 fully saturated rings. The summed E-state index contributed by atoms with van der Waals surface area (Å²) < 4.78 is 6.91. The van der Waals surface area contributed by atoms with Crippen LogP contribution in [-0.4, -0.2) is 34.4 Å². The van der Waals surface area contributed by atoms with Crippen molar-refractivity contribution in [2.45, 2.75) is 24.9 Å². The van der Waals surface area contributed by atoms with Crippen LogP contribution >= 0.6 is 0 Å². The second-order valence-corrected chi connectivity index (χ2v) is 4.43. The molecule has 6 heteroatoms. The maximum Gasteiger partial charge on any atom is 0.240 e. The number of rotatable bonds is 3. The lowest BCUT2D eigenvalue weighted by Gasteiger charge is -2.31. The number of carbonyl (C=O) groups is 1. The Morgan fingerprint density at radius 2 is 2.35 bits per heavy atom. The van der Waals surface area contributed by atoms with Crippen molar-refractivity contribution in [3.05, 3.63) is 18.0 Å². The molecule has 6 nitrogen and oxygen atoms in total. The molecule has 3 N–H and O–H groups in total. The predicted molar refractivity (Wildman–Crippen MR) is 62.0 cm³/mol. The molecule has 1 aromatic heterocycles. The van der Waals surface area contributed by atoms with Crippen LogP contribution < -0.4 is 11.1 Å². The fourth-order valence-corrected chi connectivity index (χ4v) is 1.87. The molecule has 1 saturated heterocycles. The highest BCUT2D eigenvalue weighted by Gasteiger charge is 2.35. The van der Waals surface area contributed by atoms with Gasteiger partial charge in [-0.15, -0.1) is 0 Å². The maximum atomic E-state index is 12.0. The van der Waals surface area contributed by atoms with Gasteiger partial charge in [-0.05, 0) is 18.9 Å². The van der Waals surface area contributed by atoms with Gasteiger partial charge in [0.05, 0.1) is 17.8 Å². The summed E-state index contributed by atoms with van der Waals surface area (Å²) >= 11 is 0. The molecule has 0 aromatic carbocycles. The molecule has 0 bridgehead atoms. The van der Waals surface area contributed by atoms with Gasteiger partial charge in [0.15, 0.2) is 0 Å². The molecule has 1 aliphatic heterocycles. The first kappa shape index (κ1) is 12.1. The molecular formula is C11H18N4O2. The third kappa shape index (κ3) is 2.83. The van der Waals surface area contributed by atoms with E-state index in [-0.39, 0.29) is 5.91 Å². The minimum Gasteiger partial charge on any atom is -0.381 e. The zero-order valence-electron chi connectivity index (χ0n) is 9.98. The molecule has 0 radical (unpaired) electrons. The van der Waals surface area contributed by atoms with Crippen LogP contribution in [0.25, 0.3) is 0 Å². The number of nitrogens with one attached hydrogen (secondary N) is 1. The van der Waals surface area contributed by atoms with Crippen molar-refractivity contribution in [2.75, 3.05) is 13.2 Å². The number of carbonyl (C=O) groups excluding carboxylic acids is 1. The molecule has 0 spiro atoms. The molecule has 2 rings (SSSR count). The Morgan fingerprint density at radius 1 is 1.65 bits per heavy atom. The quantitative estimate of drug-likeness (QED) is 0.747. The second-order valence-electron chi connectivity index (χ2n) is 4.43. The van der Waals surface area contributed by atoms with Crippen molar-refractivity contribution in [1.29, 1.82) is 0 Å². The minimum atomic E-state index is -0.785. The summed E-state index contributed by atoms with van der Waals surface area (Å²) in [6, 6.07) is 1.87. The van der Waals surface area contributed by atoms with Gasteiger partial charge >= 0.3 is 0 Å². The molecule has 0 saturated carbocycles. The van der Waals surface area contributed by atoms with Gasteiger partial charge in [0.2, 0.25) is 5.91 Å². The summed E-state index contributed by atoms with van der Waals surface area (Å²) in [5, 5.41) is 7.01. The van der Waals surface area contributed by atoms with Crippen molar-refractivity contribution < 1.29 is 9.53 Å². The first-order valence-electron chi connectivity index (χ1n) is 5.74. The van der Waals surface area contributed by atoms with Crippen LogP contribution in [0.4, 0.5) is 0 Å². The van der Waals surface area contributed by atoms with Crippen molar-refractivity contribution in [3.63, 3.8) is 0 Å². The number of nitrogens with two attached hydrogens (primary N) is 1. The highest BCUT2D eigenvalue weighted by molar-refractivity contribution is 5.86. The van der Waals surface area contributed by atoms with Crippen LogP contribution in [0.1, 0.15) is 18.5 Å². The highest BCUT2D eigenvalue weighted by Crippen LogP contribution is 2.17. The zero-order valence-corrected chi connectivity index (χ0v) is 9.98. The van der Waals surface area contributed by atoms with E-state index in [1.54, 1.807) is 4.68 Å². The van der Waals surface area contributed by atoms with Gasteiger partial charge in [-0.25, -0.2) is 0 Å². The second kappa shape index (κ2) is 4.85. The standard InChI is InChI=1S/C11H18N4O2/c1-15-5-2-9(14-15)8-13-10(16)11(12)3-6-17-7-4-11/h2,5H,3-4,6-8,12H2,1H3,(H,13,16). The predicted octanol–water partition coefficient (Wildman–Crippen LogP) is -0.456. The lowest BCUT2D eigenvalue weighted by molar-refractivity contribution is -0.129. The van der Waals surface area contributed by atoms with Gasteiger partial charge < -0.3 is 15.8 Å². The normalized spacial score (nSPS) is 18.9. The number of aryl methyl sites for hydroxylation is 1. The van der Waals surface area contributed by atoms with E-state index >= 15 is 0 Å². The van der Waals surface area contributed by atoms with Crippen LogP contribution in [0.15, 0.2) is 12.3 Å². The summed E-state index contributed by atoms with van der Waals surface area (Å²) in [7, 11) is 1.84. The monoisotopic (exact) mass is 238 g/mol. The summed E-state index contributed by atoms with van der Waals surface area (Å²) in [5.74, 6) is -0.119. The molecule has 1 amide bonds. The minimum absolute atomic E-state index is 0.119. The van der Waals surface area contributed by atoms with E-state index in [1.807, 2.05) is 19.3 Å². The molecule has 0 atom stereocenters. The average molecular weight is 238 g/mol. The Kier molecular flexibility index (Phi) is 3.44. The fraction of sp³-hybridized carbons (Fsp3) is 0.636. The number of amides is 1. The Balaban J connectivity index is 1.88. The van der Waals surface area contributed by atoms with Gasteiger partial charge in [0.25, 0.3) is 0 Å². The Bertz CT molecular complexity index is 396. The van der Waals surface area contributed by atoms with Crippen LogP contribution in [0, 0.1) is 0 Å². The van der Waals surface area contributed by atoms with Gasteiger partial charge in [-0.1, -0.05) is 0 Å². The number of aromatic nitrogens is 2. The van der Waals surface area contributed by atoms with Crippen LogP contribution in [-0.2, 0) is 23.1 Å². The Morgan fingerprint density at radius 3 is 2.94 bits per heavy atom. The zero-order chi connectivity index (χ0) is 12.3. The molecule has 0 unspecified atom stereocenters. The van der Waals surface area contributed by atoms with E-state index < -0.39 is 5.54 Å². The molecular weight excluding hydrogens is 220 g/mol. The van der Waals surface area contributed by atoms with Crippen molar-refractivity contribution >= 4 is 5.91 Å². The lowest BCUT2D eigenvalue weighted by Crippen LogP contribution is -2.56. The lowest BCUT2D eigenvalue weighted by atomic mass is 9.90. The number of nitrogens with zero attached hydrogens (tertiary/aromatic N) is 2. The summed E-state index contributed by atoms with van der Waals surface area (Å²) in [6.07, 6.45) is 2.98. The first-order valence-corrected chi connectivity index (χ1v) is 5.74. The van der Waals surface area contributed by atoms with Crippen molar-refractivity contribution in [3.8, 4) is 0 Å². The average Bonchev–Trinajstić information content (AvgIpc) is 2.73. The number of hydrogen-bond donors (Lipinski definition) is 2. The number of ether oxygens (including phenoxy) is 1. The van der Waals surface area contributed by atoms with Gasteiger partial charge in [-0.3, -0.25) is 9.48 Å². The van der Waals surface area contributed by atoms with Gasteiger partial charge in [-0.2, -0.15) is 5.10 Å². The van der Waals surface area contributed by atoms with Crippen LogP contribution in [0.5, 0.6) is 0 Å². The van der Waals surface area contributed by atoms with E-state index in [1.165, 1.54) is 0 Å². The molecule has 94 valence electrons. The smallest absolute Gasteiger partial charge is 0.240 e. The Labute approximate surface area is 100 Å². The fourth-order valence-electron chi connectivity index (χ4n) is 1.87. The van der Waals surface area contributed by atoms with Crippen molar-refractivity contribution in [2.24, 2.45) is 12.8 Å². The number of hydrogen-bond acceptors (Lipinski definition) is 4. The SMILES string of the molecule is Cn1ccc(CNC(=O)C2(N)CCOCC2)n1. The van der Waals surface area contributed by atoms with E-state index in [2.05, 4.69) is 10.4 Å². The molecule has 1 aliphatic rings. The Hall–Kier alpha value is -1.40. The topological polar surface area (TPSA) is 82.2 Å². The highest BCUT2D eigenvalue weighted by atomic mass is 16.5. The molecule has 1 aromatic rings. The summed E-state index contributed by atoms with van der Waals surface area (Å²) in [5.41, 5.74) is 6.10. The molecule has 2 heterocycles. The van der Waals surface area contributed by atoms with E-state index in [9.17, 15) is 4.79 Å². The van der Waals surface area contributed by atoms with Crippen molar-refractivity contribution in [1.82, 2.24) is 15.1 Å². The molecule has 0 aliphatic carbocycles. The van der Waals surface area contributed by atoms with Gasteiger partial charge in [0.1, 0.15) is 0 Å². The third-order valence-electron chi connectivity index (χ3n) is 3.04. The maximum absolute atomic E-state index is 12.0. The van der Waals surface area contributed by atoms with E-state index in [4.69, 9.17) is 10.5 Å². The van der Waals surface area contributed by atoms with E-state index in [0.29, 0.717) is 32.6 Å². The third-order valence-corrected chi connectivity index (χ3v) is 3.04. The largest absolute Gasteiger partial charge is 0.381 e. The summed E-state index contributed by atoms with van der Waals surface area (Å²) in [4.78, 5) is 12.0. The summed E-state index contributed by atoms with van der Waals surface area (Å²) in [6.45, 7) is 1.51. The van der Waals surface area contributed by atoms with Crippen LogP contribution in [0.2, 0.25) is 0 Å². The van der Waals surface area contributed by atoms with E-state index in [0.717, 1.165) is 5.69 Å². The first-order chi connectivity index (χ1) is 8.10. The van der Waals surface area contributed by atoms with Crippen LogP contribution in [0.3, 0.4) is 0 Å².